The fourth-order valence-corrected chi connectivity index (χ4v) is 3.77. The maximum absolute atomic E-state index is 13.1. The Bertz CT molecular complexity index is 1380. The molecular weight excluding hydrogens is 404 g/mol. The topological polar surface area (TPSA) is 101 Å². The van der Waals surface area contributed by atoms with Crippen LogP contribution in [0.3, 0.4) is 0 Å². The molecule has 0 bridgehead atoms. The molecule has 0 spiro atoms. The van der Waals surface area contributed by atoms with Gasteiger partial charge in [0.05, 0.1) is 16.6 Å². The Morgan fingerprint density at radius 1 is 1.06 bits per heavy atom. The summed E-state index contributed by atoms with van der Waals surface area (Å²) in [7, 11) is 0. The van der Waals surface area contributed by atoms with E-state index in [-0.39, 0.29) is 18.1 Å². The number of nitrogens with one attached hydrogen (secondary N) is 1. The van der Waals surface area contributed by atoms with Crippen molar-refractivity contribution in [3.8, 4) is 6.07 Å². The number of nitro benzene ring substituents is 1. The smallest absolute Gasteiger partial charge is 0.269 e. The van der Waals surface area contributed by atoms with Gasteiger partial charge < -0.3 is 9.88 Å². The minimum absolute atomic E-state index is 0.0149. The molecule has 4 aromatic rings. The third-order valence-corrected chi connectivity index (χ3v) is 5.37. The molecule has 1 N–H and O–H groups in total. The van der Waals surface area contributed by atoms with Gasteiger partial charge in [-0.25, -0.2) is 0 Å². The second-order valence-electron chi connectivity index (χ2n) is 7.55. The van der Waals surface area contributed by atoms with E-state index in [9.17, 15) is 20.2 Å². The van der Waals surface area contributed by atoms with Crippen LogP contribution in [-0.4, -0.2) is 15.4 Å². The molecule has 0 unspecified atom stereocenters. The number of benzene rings is 3. The molecule has 4 rings (SSSR count). The van der Waals surface area contributed by atoms with Crippen LogP contribution in [0.25, 0.3) is 10.9 Å². The normalized spacial score (nSPS) is 10.6. The molecule has 1 amide bonds. The number of hydrogen-bond acceptors (Lipinski definition) is 4. The lowest BCUT2D eigenvalue weighted by atomic mass is 10.1. The minimum Gasteiger partial charge on any atom is -0.347 e. The molecule has 7 heteroatoms. The van der Waals surface area contributed by atoms with E-state index in [1.807, 2.05) is 54.0 Å². The van der Waals surface area contributed by atoms with E-state index in [0.29, 0.717) is 23.4 Å². The molecule has 1 heterocycles. The van der Waals surface area contributed by atoms with E-state index in [4.69, 9.17) is 0 Å². The SMILES string of the molecule is Cc1cccc2c1cc(C(=O)NCc1cccc([N+](=O)[O-])c1)n2Cc1cccc(C#N)c1. The molecule has 0 radical (unpaired) electrons. The van der Waals surface area contributed by atoms with Crippen LogP contribution in [0.15, 0.2) is 72.8 Å². The number of amides is 1. The van der Waals surface area contributed by atoms with Gasteiger partial charge in [0.15, 0.2) is 0 Å². The minimum atomic E-state index is -0.457. The number of nitriles is 1. The van der Waals surface area contributed by atoms with Crippen LogP contribution in [0.5, 0.6) is 0 Å². The Morgan fingerprint density at radius 3 is 2.59 bits per heavy atom. The van der Waals surface area contributed by atoms with Crippen molar-refractivity contribution in [3.63, 3.8) is 0 Å². The monoisotopic (exact) mass is 424 g/mol. The number of aryl methyl sites for hydroxylation is 1. The zero-order chi connectivity index (χ0) is 22.7. The number of carbonyl (C=O) groups is 1. The predicted molar refractivity (Wildman–Crippen MR) is 121 cm³/mol. The van der Waals surface area contributed by atoms with Gasteiger partial charge in [-0.1, -0.05) is 36.4 Å². The Balaban J connectivity index is 1.66. The van der Waals surface area contributed by atoms with Crippen LogP contribution < -0.4 is 5.32 Å². The van der Waals surface area contributed by atoms with Crippen molar-refractivity contribution in [1.82, 2.24) is 9.88 Å². The van der Waals surface area contributed by atoms with E-state index in [1.54, 1.807) is 18.2 Å². The maximum atomic E-state index is 13.1. The number of nitrogens with zero attached hydrogens (tertiary/aromatic N) is 3. The highest BCUT2D eigenvalue weighted by Crippen LogP contribution is 2.25. The van der Waals surface area contributed by atoms with Crippen molar-refractivity contribution in [2.75, 3.05) is 0 Å². The molecule has 0 aliphatic rings. The van der Waals surface area contributed by atoms with Crippen LogP contribution in [0, 0.1) is 28.4 Å². The van der Waals surface area contributed by atoms with E-state index in [0.717, 1.165) is 22.0 Å². The molecule has 0 saturated carbocycles. The van der Waals surface area contributed by atoms with Crippen LogP contribution >= 0.6 is 0 Å². The summed E-state index contributed by atoms with van der Waals surface area (Å²) in [4.78, 5) is 23.7. The molecule has 158 valence electrons. The largest absolute Gasteiger partial charge is 0.347 e. The zero-order valence-corrected chi connectivity index (χ0v) is 17.4. The van der Waals surface area contributed by atoms with E-state index < -0.39 is 4.92 Å². The van der Waals surface area contributed by atoms with Gasteiger partial charge in [0.2, 0.25) is 0 Å². The zero-order valence-electron chi connectivity index (χ0n) is 17.4. The third kappa shape index (κ3) is 4.20. The van der Waals surface area contributed by atoms with Gasteiger partial charge >= 0.3 is 0 Å². The van der Waals surface area contributed by atoms with E-state index in [1.165, 1.54) is 12.1 Å². The van der Waals surface area contributed by atoms with Crippen LogP contribution in [0.2, 0.25) is 0 Å². The summed E-state index contributed by atoms with van der Waals surface area (Å²) in [5.74, 6) is -0.274. The van der Waals surface area contributed by atoms with E-state index >= 15 is 0 Å². The number of rotatable bonds is 6. The Morgan fingerprint density at radius 2 is 1.81 bits per heavy atom. The molecule has 3 aromatic carbocycles. The number of non-ortho nitro benzene ring substituents is 1. The summed E-state index contributed by atoms with van der Waals surface area (Å²) in [5, 5.41) is 24.1. The quantitative estimate of drug-likeness (QED) is 0.358. The molecule has 0 aliphatic heterocycles. The lowest BCUT2D eigenvalue weighted by Gasteiger charge is -2.12. The first-order valence-corrected chi connectivity index (χ1v) is 10.1. The van der Waals surface area contributed by atoms with Crippen LogP contribution in [0.1, 0.15) is 32.7 Å². The molecule has 7 nitrogen and oxygen atoms in total. The number of nitro groups is 1. The summed E-state index contributed by atoms with van der Waals surface area (Å²) >= 11 is 0. The lowest BCUT2D eigenvalue weighted by molar-refractivity contribution is -0.384. The summed E-state index contributed by atoms with van der Waals surface area (Å²) < 4.78 is 1.93. The molecule has 0 saturated heterocycles. The highest BCUT2D eigenvalue weighted by molar-refractivity contribution is 5.99. The molecule has 1 aromatic heterocycles. The summed E-state index contributed by atoms with van der Waals surface area (Å²) in [6.45, 7) is 2.60. The van der Waals surface area contributed by atoms with Crippen LogP contribution in [0.4, 0.5) is 5.69 Å². The summed E-state index contributed by atoms with van der Waals surface area (Å²) in [6.07, 6.45) is 0. The number of hydrogen-bond donors (Lipinski definition) is 1. The van der Waals surface area contributed by atoms with Crippen LogP contribution in [-0.2, 0) is 13.1 Å². The number of fused-ring (bicyclic) bond motifs is 1. The van der Waals surface area contributed by atoms with E-state index in [2.05, 4.69) is 11.4 Å². The first-order chi connectivity index (χ1) is 15.5. The maximum Gasteiger partial charge on any atom is 0.269 e. The first-order valence-electron chi connectivity index (χ1n) is 10.1. The standard InChI is InChI=1S/C25H20N4O3/c1-17-5-2-10-23-22(17)13-24(28(23)16-20-8-3-6-18(11-20)14-26)25(30)27-15-19-7-4-9-21(12-19)29(31)32/h2-13H,15-16H2,1H3,(H,27,30). The van der Waals surface area contributed by atoms with Crippen molar-refractivity contribution < 1.29 is 9.72 Å². The fourth-order valence-electron chi connectivity index (χ4n) is 3.77. The second-order valence-corrected chi connectivity index (χ2v) is 7.55. The second kappa shape index (κ2) is 8.74. The molecule has 32 heavy (non-hydrogen) atoms. The van der Waals surface area contributed by atoms with Crippen molar-refractivity contribution in [2.24, 2.45) is 0 Å². The third-order valence-electron chi connectivity index (χ3n) is 5.37. The van der Waals surface area contributed by atoms with Gasteiger partial charge in [-0.2, -0.15) is 5.26 Å². The predicted octanol–water partition coefficient (Wildman–Crippen LogP) is 4.71. The van der Waals surface area contributed by atoms with Gasteiger partial charge in [-0.15, -0.1) is 0 Å². The lowest BCUT2D eigenvalue weighted by Crippen LogP contribution is -2.25. The Kier molecular flexibility index (Phi) is 5.69. The first kappa shape index (κ1) is 20.8. The molecule has 0 fully saturated rings. The fraction of sp³-hybridized carbons (Fsp3) is 0.120. The highest BCUT2D eigenvalue weighted by Gasteiger charge is 2.17. The summed E-state index contributed by atoms with van der Waals surface area (Å²) in [5.41, 5.74) is 4.57. The van der Waals surface area contributed by atoms with Gasteiger partial charge in [0.25, 0.3) is 11.6 Å². The Labute approximate surface area is 184 Å². The van der Waals surface area contributed by atoms with Crippen molar-refractivity contribution in [1.29, 1.82) is 5.26 Å². The number of carbonyl (C=O) groups excluding carboxylic acids is 1. The number of aromatic nitrogens is 1. The summed E-state index contributed by atoms with van der Waals surface area (Å²) in [6, 6.07) is 23.4. The van der Waals surface area contributed by atoms with Crippen molar-refractivity contribution in [2.45, 2.75) is 20.0 Å². The molecule has 0 aliphatic carbocycles. The van der Waals surface area contributed by atoms with Gasteiger partial charge in [-0.05, 0) is 47.9 Å². The average Bonchev–Trinajstić information content (AvgIpc) is 3.17. The molecule has 0 atom stereocenters. The van der Waals surface area contributed by atoms with Gasteiger partial charge in [-0.3, -0.25) is 14.9 Å². The van der Waals surface area contributed by atoms with Gasteiger partial charge in [0, 0.05) is 36.1 Å². The average molecular weight is 424 g/mol. The highest BCUT2D eigenvalue weighted by atomic mass is 16.6. The van der Waals surface area contributed by atoms with Gasteiger partial charge in [0.1, 0.15) is 5.69 Å². The Hall–Kier alpha value is -4.44. The van der Waals surface area contributed by atoms with Crippen molar-refractivity contribution in [3.05, 3.63) is 111 Å². The van der Waals surface area contributed by atoms with Crippen molar-refractivity contribution >= 4 is 22.5 Å². The molecular formula is C25H20N4O3.